The molecule has 4 nitrogen and oxygen atoms in total. The second-order valence-electron chi connectivity index (χ2n) is 5.09. The molecule has 0 aliphatic carbocycles. The lowest BCUT2D eigenvalue weighted by molar-refractivity contribution is -0.123. The van der Waals surface area contributed by atoms with Gasteiger partial charge in [0, 0.05) is 11.8 Å². The average Bonchev–Trinajstić information content (AvgIpc) is 2.57. The molecular weight excluding hydrogens is 331 g/mol. The van der Waals surface area contributed by atoms with Crippen molar-refractivity contribution >= 4 is 35.2 Å². The normalized spacial score (nSPS) is 12.0. The maximum absolute atomic E-state index is 13.1. The van der Waals surface area contributed by atoms with Gasteiger partial charge in [0.2, 0.25) is 11.8 Å². The first-order chi connectivity index (χ1) is 11.5. The predicted octanol–water partition coefficient (Wildman–Crippen LogP) is 3.64. The summed E-state index contributed by atoms with van der Waals surface area (Å²) in [6.45, 7) is 1.55. The molecule has 0 heterocycles. The third kappa shape index (κ3) is 5.21. The van der Waals surface area contributed by atoms with Gasteiger partial charge in [-0.2, -0.15) is 0 Å². The van der Waals surface area contributed by atoms with Gasteiger partial charge in [-0.15, -0.1) is 0 Å². The van der Waals surface area contributed by atoms with Crippen molar-refractivity contribution in [2.75, 3.05) is 5.32 Å². The fourth-order valence-corrected chi connectivity index (χ4v) is 2.07. The fourth-order valence-electron chi connectivity index (χ4n) is 1.89. The number of hydrogen-bond acceptors (Lipinski definition) is 2. The van der Waals surface area contributed by atoms with E-state index in [1.165, 1.54) is 18.2 Å². The molecule has 2 amide bonds. The molecule has 124 valence electrons. The molecule has 0 fully saturated rings. The maximum atomic E-state index is 13.1. The van der Waals surface area contributed by atoms with Crippen LogP contribution in [0.15, 0.2) is 54.6 Å². The van der Waals surface area contributed by atoms with Crippen LogP contribution in [0.4, 0.5) is 10.1 Å². The molecule has 2 aromatic carbocycles. The van der Waals surface area contributed by atoms with Gasteiger partial charge in [-0.1, -0.05) is 41.9 Å². The third-order valence-corrected chi connectivity index (χ3v) is 3.46. The van der Waals surface area contributed by atoms with E-state index in [0.717, 1.165) is 11.6 Å². The number of halogens is 2. The molecule has 24 heavy (non-hydrogen) atoms. The summed E-state index contributed by atoms with van der Waals surface area (Å²) < 4.78 is 13.1. The summed E-state index contributed by atoms with van der Waals surface area (Å²) in [6, 6.07) is 12.4. The molecule has 0 aliphatic heterocycles. The molecule has 0 saturated carbocycles. The molecule has 2 aromatic rings. The van der Waals surface area contributed by atoms with Gasteiger partial charge in [0.15, 0.2) is 0 Å². The van der Waals surface area contributed by atoms with Gasteiger partial charge in [0.05, 0.1) is 5.02 Å². The number of benzene rings is 2. The number of anilines is 1. The molecule has 1 atom stereocenters. The van der Waals surface area contributed by atoms with E-state index < -0.39 is 23.7 Å². The van der Waals surface area contributed by atoms with E-state index in [0.29, 0.717) is 5.69 Å². The number of rotatable bonds is 5. The van der Waals surface area contributed by atoms with Crippen LogP contribution in [0.5, 0.6) is 0 Å². The summed E-state index contributed by atoms with van der Waals surface area (Å²) in [5.41, 5.74) is 1.23. The molecule has 0 saturated heterocycles. The standard InChI is InChI=1S/C18H16ClFN2O2/c1-12(18(24)22-14-8-9-16(20)15(19)11-14)21-17(23)10-7-13-5-3-2-4-6-13/h2-12H,1H3,(H,21,23)(H,22,24)/b10-7+/t12-/m0/s1. The molecule has 0 bridgehead atoms. The first kappa shape index (κ1) is 17.7. The van der Waals surface area contributed by atoms with E-state index in [1.807, 2.05) is 30.3 Å². The molecule has 0 unspecified atom stereocenters. The third-order valence-electron chi connectivity index (χ3n) is 3.17. The minimum Gasteiger partial charge on any atom is -0.341 e. The highest BCUT2D eigenvalue weighted by molar-refractivity contribution is 6.31. The number of carbonyl (C=O) groups is 2. The van der Waals surface area contributed by atoms with Crippen molar-refractivity contribution in [3.63, 3.8) is 0 Å². The van der Waals surface area contributed by atoms with Crippen LogP contribution < -0.4 is 10.6 Å². The number of hydrogen-bond donors (Lipinski definition) is 2. The molecule has 2 rings (SSSR count). The van der Waals surface area contributed by atoms with Crippen LogP contribution in [0.3, 0.4) is 0 Å². The van der Waals surface area contributed by atoms with Gasteiger partial charge in [-0.3, -0.25) is 9.59 Å². The molecule has 6 heteroatoms. The largest absolute Gasteiger partial charge is 0.341 e. The van der Waals surface area contributed by atoms with Crippen LogP contribution >= 0.6 is 11.6 Å². The van der Waals surface area contributed by atoms with E-state index in [9.17, 15) is 14.0 Å². The van der Waals surface area contributed by atoms with Crippen molar-refractivity contribution in [2.24, 2.45) is 0 Å². The van der Waals surface area contributed by atoms with Crippen LogP contribution in [0.25, 0.3) is 6.08 Å². The lowest BCUT2D eigenvalue weighted by Gasteiger charge is -2.13. The molecule has 0 aliphatic rings. The number of nitrogens with one attached hydrogen (secondary N) is 2. The summed E-state index contributed by atoms with van der Waals surface area (Å²) >= 11 is 5.66. The quantitative estimate of drug-likeness (QED) is 0.812. The molecule has 2 N–H and O–H groups in total. The fraction of sp³-hybridized carbons (Fsp3) is 0.111. The lowest BCUT2D eigenvalue weighted by Crippen LogP contribution is -2.40. The zero-order valence-electron chi connectivity index (χ0n) is 12.9. The Morgan fingerprint density at radius 1 is 1.17 bits per heavy atom. The average molecular weight is 347 g/mol. The Labute approximate surface area is 144 Å². The van der Waals surface area contributed by atoms with Crippen molar-refractivity contribution < 1.29 is 14.0 Å². The van der Waals surface area contributed by atoms with Crippen molar-refractivity contribution in [1.29, 1.82) is 0 Å². The minimum atomic E-state index is -0.762. The summed E-state index contributed by atoms with van der Waals surface area (Å²) in [5.74, 6) is -1.39. The van der Waals surface area contributed by atoms with Gasteiger partial charge < -0.3 is 10.6 Å². The molecular formula is C18H16ClFN2O2. The smallest absolute Gasteiger partial charge is 0.246 e. The molecule has 0 radical (unpaired) electrons. The Hall–Kier alpha value is -2.66. The van der Waals surface area contributed by atoms with Gasteiger partial charge in [0.25, 0.3) is 0 Å². The van der Waals surface area contributed by atoms with Crippen molar-refractivity contribution in [3.8, 4) is 0 Å². The molecule has 0 aromatic heterocycles. The van der Waals surface area contributed by atoms with Crippen molar-refractivity contribution in [3.05, 3.63) is 71.0 Å². The topological polar surface area (TPSA) is 58.2 Å². The highest BCUT2D eigenvalue weighted by atomic mass is 35.5. The first-order valence-electron chi connectivity index (χ1n) is 7.25. The summed E-state index contributed by atoms with van der Waals surface area (Å²) in [6.07, 6.45) is 3.01. The van der Waals surface area contributed by atoms with Crippen LogP contribution in [-0.4, -0.2) is 17.9 Å². The first-order valence-corrected chi connectivity index (χ1v) is 7.63. The maximum Gasteiger partial charge on any atom is 0.246 e. The highest BCUT2D eigenvalue weighted by Gasteiger charge is 2.15. The number of carbonyl (C=O) groups excluding carboxylic acids is 2. The monoisotopic (exact) mass is 346 g/mol. The van der Waals surface area contributed by atoms with Crippen LogP contribution in [0, 0.1) is 5.82 Å². The van der Waals surface area contributed by atoms with Crippen LogP contribution in [-0.2, 0) is 9.59 Å². The second kappa shape index (κ2) is 8.26. The SMILES string of the molecule is C[C@H](NC(=O)/C=C/c1ccccc1)C(=O)Nc1ccc(F)c(Cl)c1. The molecule has 0 spiro atoms. The van der Waals surface area contributed by atoms with E-state index in [1.54, 1.807) is 13.0 Å². The summed E-state index contributed by atoms with van der Waals surface area (Å²) in [4.78, 5) is 23.9. The zero-order valence-corrected chi connectivity index (χ0v) is 13.7. The summed E-state index contributed by atoms with van der Waals surface area (Å²) in [7, 11) is 0. The van der Waals surface area contributed by atoms with Gasteiger partial charge >= 0.3 is 0 Å². The Balaban J connectivity index is 1.89. The zero-order chi connectivity index (χ0) is 17.5. The highest BCUT2D eigenvalue weighted by Crippen LogP contribution is 2.19. The lowest BCUT2D eigenvalue weighted by atomic mass is 10.2. The van der Waals surface area contributed by atoms with Gasteiger partial charge in [-0.05, 0) is 36.8 Å². The Kier molecular flexibility index (Phi) is 6.09. The van der Waals surface area contributed by atoms with E-state index in [-0.39, 0.29) is 5.02 Å². The number of amides is 2. The van der Waals surface area contributed by atoms with Gasteiger partial charge in [0.1, 0.15) is 11.9 Å². The Morgan fingerprint density at radius 3 is 2.54 bits per heavy atom. The van der Waals surface area contributed by atoms with Gasteiger partial charge in [-0.25, -0.2) is 4.39 Å². The van der Waals surface area contributed by atoms with E-state index in [4.69, 9.17) is 11.6 Å². The van der Waals surface area contributed by atoms with Crippen LogP contribution in [0.1, 0.15) is 12.5 Å². The minimum absolute atomic E-state index is 0.0877. The van der Waals surface area contributed by atoms with Crippen LogP contribution in [0.2, 0.25) is 5.02 Å². The predicted molar refractivity (Wildman–Crippen MR) is 93.1 cm³/mol. The van der Waals surface area contributed by atoms with E-state index >= 15 is 0 Å². The second-order valence-corrected chi connectivity index (χ2v) is 5.50. The van der Waals surface area contributed by atoms with Crippen molar-refractivity contribution in [1.82, 2.24) is 5.32 Å². The summed E-state index contributed by atoms with van der Waals surface area (Å²) in [5, 5.41) is 5.02. The Bertz CT molecular complexity index is 763. The van der Waals surface area contributed by atoms with E-state index in [2.05, 4.69) is 10.6 Å². The van der Waals surface area contributed by atoms with Crippen molar-refractivity contribution in [2.45, 2.75) is 13.0 Å². The Morgan fingerprint density at radius 2 is 1.88 bits per heavy atom.